The van der Waals surface area contributed by atoms with Gasteiger partial charge in [-0.2, -0.15) is 0 Å². The summed E-state index contributed by atoms with van der Waals surface area (Å²) in [5.41, 5.74) is 0. The average Bonchev–Trinajstić information content (AvgIpc) is 2.90. The zero-order valence-electron chi connectivity index (χ0n) is 12.3. The summed E-state index contributed by atoms with van der Waals surface area (Å²) in [7, 11) is 0. The Hall–Kier alpha value is -1.89. The van der Waals surface area contributed by atoms with Gasteiger partial charge in [0.2, 0.25) is 5.91 Å². The van der Waals surface area contributed by atoms with Gasteiger partial charge in [0.1, 0.15) is 6.04 Å². The molecule has 2 atom stereocenters. The van der Waals surface area contributed by atoms with Crippen molar-refractivity contribution in [3.8, 4) is 0 Å². The summed E-state index contributed by atoms with van der Waals surface area (Å²) in [5.74, 6) is -1.68. The van der Waals surface area contributed by atoms with Crippen LogP contribution in [0.4, 0.5) is 0 Å². The lowest BCUT2D eigenvalue weighted by Gasteiger charge is -2.23. The fraction of sp³-hybridized carbons (Fsp3) is 0.500. The Morgan fingerprint density at radius 3 is 2.38 bits per heavy atom. The Morgan fingerprint density at radius 1 is 1.24 bits per heavy atom. The summed E-state index contributed by atoms with van der Waals surface area (Å²) < 4.78 is 0. The van der Waals surface area contributed by atoms with Gasteiger partial charge in [0.15, 0.2) is 0 Å². The summed E-state index contributed by atoms with van der Waals surface area (Å²) in [6.07, 6.45) is -0.144. The molecule has 2 unspecified atom stereocenters. The third-order valence-electron chi connectivity index (χ3n) is 3.01. The number of carbonyl (C=O) groups is 3. The van der Waals surface area contributed by atoms with Gasteiger partial charge in [-0.1, -0.05) is 19.9 Å². The molecule has 6 nitrogen and oxygen atoms in total. The van der Waals surface area contributed by atoms with Crippen molar-refractivity contribution in [1.29, 1.82) is 0 Å². The maximum Gasteiger partial charge on any atom is 0.305 e. The molecule has 1 aromatic heterocycles. The number of hydrogen-bond donors (Lipinski definition) is 3. The van der Waals surface area contributed by atoms with E-state index in [1.807, 2.05) is 13.8 Å². The number of thiophene rings is 1. The van der Waals surface area contributed by atoms with E-state index >= 15 is 0 Å². The second kappa shape index (κ2) is 7.78. The van der Waals surface area contributed by atoms with Crippen LogP contribution in [0.1, 0.15) is 36.9 Å². The molecule has 1 aromatic rings. The third kappa shape index (κ3) is 5.55. The molecule has 0 saturated heterocycles. The second-order valence-corrected chi connectivity index (χ2v) is 6.08. The Morgan fingerprint density at radius 2 is 1.90 bits per heavy atom. The maximum atomic E-state index is 12.0. The Kier molecular flexibility index (Phi) is 6.36. The molecule has 1 rings (SSSR count). The van der Waals surface area contributed by atoms with Gasteiger partial charge in [0.05, 0.1) is 11.3 Å². The van der Waals surface area contributed by atoms with E-state index in [2.05, 4.69) is 10.6 Å². The summed E-state index contributed by atoms with van der Waals surface area (Å²) in [4.78, 5) is 35.2. The number of carboxylic acid groups (broad SMARTS) is 1. The van der Waals surface area contributed by atoms with E-state index in [1.165, 1.54) is 11.3 Å². The lowest BCUT2D eigenvalue weighted by molar-refractivity contribution is -0.138. The van der Waals surface area contributed by atoms with Crippen molar-refractivity contribution in [1.82, 2.24) is 10.6 Å². The van der Waals surface area contributed by atoms with Crippen molar-refractivity contribution in [3.05, 3.63) is 22.4 Å². The maximum absolute atomic E-state index is 12.0. The predicted molar refractivity (Wildman–Crippen MR) is 80.3 cm³/mol. The first-order chi connectivity index (χ1) is 9.81. The molecule has 0 aromatic carbocycles. The van der Waals surface area contributed by atoms with E-state index in [0.717, 1.165) is 0 Å². The lowest BCUT2D eigenvalue weighted by Crippen LogP contribution is -2.49. The van der Waals surface area contributed by atoms with Crippen LogP contribution < -0.4 is 10.6 Å². The zero-order chi connectivity index (χ0) is 16.0. The Labute approximate surface area is 127 Å². The fourth-order valence-corrected chi connectivity index (χ4v) is 2.32. The van der Waals surface area contributed by atoms with Crippen molar-refractivity contribution in [2.24, 2.45) is 5.92 Å². The molecule has 0 fully saturated rings. The minimum absolute atomic E-state index is 0.00903. The first-order valence-electron chi connectivity index (χ1n) is 6.67. The van der Waals surface area contributed by atoms with Crippen LogP contribution in [0.3, 0.4) is 0 Å². The molecular formula is C14H20N2O4S. The van der Waals surface area contributed by atoms with E-state index in [0.29, 0.717) is 4.88 Å². The molecule has 0 saturated carbocycles. The summed E-state index contributed by atoms with van der Waals surface area (Å²) in [5, 5.41) is 15.9. The minimum atomic E-state index is -0.968. The van der Waals surface area contributed by atoms with Crippen LogP contribution >= 0.6 is 11.3 Å². The molecule has 0 aliphatic rings. The van der Waals surface area contributed by atoms with E-state index in [9.17, 15) is 14.4 Å². The quantitative estimate of drug-likeness (QED) is 0.710. The lowest BCUT2D eigenvalue weighted by atomic mass is 10.0. The van der Waals surface area contributed by atoms with Gasteiger partial charge in [-0.3, -0.25) is 14.4 Å². The molecule has 0 radical (unpaired) electrons. The highest BCUT2D eigenvalue weighted by Gasteiger charge is 2.23. The smallest absolute Gasteiger partial charge is 0.305 e. The van der Waals surface area contributed by atoms with Crippen LogP contribution in [0.25, 0.3) is 0 Å². The van der Waals surface area contributed by atoms with E-state index in [1.54, 1.807) is 24.4 Å². The summed E-state index contributed by atoms with van der Waals surface area (Å²) in [6.45, 7) is 5.24. The molecule has 0 aliphatic heterocycles. The van der Waals surface area contributed by atoms with Crippen LogP contribution in [0.15, 0.2) is 17.5 Å². The zero-order valence-corrected chi connectivity index (χ0v) is 13.1. The molecule has 2 amide bonds. The fourth-order valence-electron chi connectivity index (χ4n) is 1.69. The minimum Gasteiger partial charge on any atom is -0.481 e. The van der Waals surface area contributed by atoms with Crippen molar-refractivity contribution >= 4 is 29.1 Å². The van der Waals surface area contributed by atoms with Crippen LogP contribution in [-0.4, -0.2) is 35.0 Å². The largest absolute Gasteiger partial charge is 0.481 e. The number of rotatable bonds is 7. The Bertz CT molecular complexity index is 499. The van der Waals surface area contributed by atoms with E-state index in [4.69, 9.17) is 5.11 Å². The van der Waals surface area contributed by atoms with Crippen molar-refractivity contribution in [2.45, 2.75) is 39.3 Å². The Balaban J connectivity index is 2.56. The van der Waals surface area contributed by atoms with Gasteiger partial charge >= 0.3 is 5.97 Å². The van der Waals surface area contributed by atoms with Crippen LogP contribution in [-0.2, 0) is 9.59 Å². The number of amides is 2. The first-order valence-corrected chi connectivity index (χ1v) is 7.55. The number of hydrogen-bond acceptors (Lipinski definition) is 4. The van der Waals surface area contributed by atoms with Crippen molar-refractivity contribution in [3.63, 3.8) is 0 Å². The number of carboxylic acids is 1. The SMILES string of the molecule is CC(NC(=O)c1cccs1)C(=O)NC(CC(=O)O)C(C)C. The molecule has 21 heavy (non-hydrogen) atoms. The highest BCUT2D eigenvalue weighted by atomic mass is 32.1. The monoisotopic (exact) mass is 312 g/mol. The molecule has 0 aliphatic carbocycles. The molecule has 116 valence electrons. The molecule has 7 heteroatoms. The molecule has 1 heterocycles. The third-order valence-corrected chi connectivity index (χ3v) is 3.88. The van der Waals surface area contributed by atoms with Crippen LogP contribution in [0.2, 0.25) is 0 Å². The van der Waals surface area contributed by atoms with E-state index in [-0.39, 0.29) is 24.2 Å². The van der Waals surface area contributed by atoms with Crippen LogP contribution in [0.5, 0.6) is 0 Å². The summed E-state index contributed by atoms with van der Waals surface area (Å²) in [6, 6.07) is 2.24. The van der Waals surface area contributed by atoms with Crippen molar-refractivity contribution < 1.29 is 19.5 Å². The number of carbonyl (C=O) groups excluding carboxylic acids is 2. The number of nitrogens with one attached hydrogen (secondary N) is 2. The van der Waals surface area contributed by atoms with Gasteiger partial charge in [-0.15, -0.1) is 11.3 Å². The normalized spacial score (nSPS) is 13.5. The summed E-state index contributed by atoms with van der Waals surface area (Å²) >= 11 is 1.29. The molecular weight excluding hydrogens is 292 g/mol. The average molecular weight is 312 g/mol. The first kappa shape index (κ1) is 17.2. The topological polar surface area (TPSA) is 95.5 Å². The van der Waals surface area contributed by atoms with Crippen molar-refractivity contribution in [2.75, 3.05) is 0 Å². The van der Waals surface area contributed by atoms with Gasteiger partial charge in [-0.05, 0) is 24.3 Å². The highest BCUT2D eigenvalue weighted by molar-refractivity contribution is 7.12. The van der Waals surface area contributed by atoms with Gasteiger partial charge in [0, 0.05) is 6.04 Å². The number of aliphatic carboxylic acids is 1. The molecule has 0 bridgehead atoms. The predicted octanol–water partition coefficient (Wildman–Crippen LogP) is 1.48. The van der Waals surface area contributed by atoms with E-state index < -0.39 is 18.1 Å². The van der Waals surface area contributed by atoms with Crippen LogP contribution in [0, 0.1) is 5.92 Å². The van der Waals surface area contributed by atoms with Gasteiger partial charge in [-0.25, -0.2) is 0 Å². The highest BCUT2D eigenvalue weighted by Crippen LogP contribution is 2.09. The standard InChI is InChI=1S/C14H20N2O4S/c1-8(2)10(7-12(17)18)16-13(19)9(3)15-14(20)11-5-4-6-21-11/h4-6,8-10H,7H2,1-3H3,(H,15,20)(H,16,19)(H,17,18). The molecule has 3 N–H and O–H groups in total. The second-order valence-electron chi connectivity index (χ2n) is 5.13. The van der Waals surface area contributed by atoms with Gasteiger partial charge in [0.25, 0.3) is 5.91 Å². The molecule has 0 spiro atoms. The van der Waals surface area contributed by atoms with Gasteiger partial charge < -0.3 is 15.7 Å².